The molecule has 0 bridgehead atoms. The van der Waals surface area contributed by atoms with Crippen molar-refractivity contribution in [2.24, 2.45) is 0 Å². The second-order valence-electron chi connectivity index (χ2n) is 6.68. The molecule has 2 aliphatic rings. The monoisotopic (exact) mass is 320 g/mol. The van der Waals surface area contributed by atoms with Gasteiger partial charge in [-0.05, 0) is 44.0 Å². The van der Waals surface area contributed by atoms with E-state index in [1.54, 1.807) is 6.07 Å². The third-order valence-corrected chi connectivity index (χ3v) is 4.85. The third kappa shape index (κ3) is 4.30. The molecular weight excluding hydrogens is 295 g/mol. The Morgan fingerprint density at radius 1 is 1.35 bits per heavy atom. The van der Waals surface area contributed by atoms with Crippen LogP contribution in [0, 0.1) is 5.82 Å². The standard InChI is InChI=1S/C18H25FN2O2/c1-14-5-2-3-8-20(14)12-18(22)21-10-17(11-21)23-13-15-6-4-7-16(19)9-15/h4,6-7,9,14,17H,2-3,5,8,10-13H2,1H3. The molecule has 2 aliphatic heterocycles. The fourth-order valence-corrected chi connectivity index (χ4v) is 3.25. The van der Waals surface area contributed by atoms with Crippen molar-refractivity contribution in [2.75, 3.05) is 26.2 Å². The predicted molar refractivity (Wildman–Crippen MR) is 86.4 cm³/mol. The molecule has 3 rings (SSSR count). The summed E-state index contributed by atoms with van der Waals surface area (Å²) in [5, 5.41) is 0. The summed E-state index contributed by atoms with van der Waals surface area (Å²) < 4.78 is 18.8. The lowest BCUT2D eigenvalue weighted by molar-refractivity contribution is -0.147. The first-order valence-corrected chi connectivity index (χ1v) is 8.49. The van der Waals surface area contributed by atoms with Crippen LogP contribution >= 0.6 is 0 Å². The molecule has 4 nitrogen and oxygen atoms in total. The number of rotatable bonds is 5. The summed E-state index contributed by atoms with van der Waals surface area (Å²) in [5.41, 5.74) is 0.830. The van der Waals surface area contributed by atoms with Gasteiger partial charge in [-0.15, -0.1) is 0 Å². The van der Waals surface area contributed by atoms with Crippen molar-refractivity contribution < 1.29 is 13.9 Å². The van der Waals surface area contributed by atoms with Crippen LogP contribution in [0.4, 0.5) is 4.39 Å². The van der Waals surface area contributed by atoms with E-state index in [9.17, 15) is 9.18 Å². The van der Waals surface area contributed by atoms with Crippen molar-refractivity contribution in [2.45, 2.75) is 44.9 Å². The van der Waals surface area contributed by atoms with E-state index in [-0.39, 0.29) is 17.8 Å². The Bertz CT molecular complexity index is 546. The molecule has 1 aromatic carbocycles. The Morgan fingerprint density at radius 3 is 2.91 bits per heavy atom. The molecule has 0 aliphatic carbocycles. The van der Waals surface area contributed by atoms with Crippen molar-refractivity contribution in [3.63, 3.8) is 0 Å². The molecule has 1 unspecified atom stereocenters. The maximum atomic E-state index is 13.1. The highest BCUT2D eigenvalue weighted by Crippen LogP contribution is 2.19. The molecule has 1 aromatic rings. The number of amides is 1. The number of carbonyl (C=O) groups excluding carboxylic acids is 1. The Hall–Kier alpha value is -1.46. The smallest absolute Gasteiger partial charge is 0.236 e. The van der Waals surface area contributed by atoms with E-state index in [0.29, 0.717) is 32.3 Å². The van der Waals surface area contributed by atoms with Crippen LogP contribution in [-0.2, 0) is 16.1 Å². The van der Waals surface area contributed by atoms with Gasteiger partial charge >= 0.3 is 0 Å². The van der Waals surface area contributed by atoms with Gasteiger partial charge in [0, 0.05) is 19.1 Å². The van der Waals surface area contributed by atoms with Crippen LogP contribution in [0.15, 0.2) is 24.3 Å². The number of halogens is 1. The lowest BCUT2D eigenvalue weighted by Gasteiger charge is -2.41. The Balaban J connectivity index is 1.37. The minimum atomic E-state index is -0.243. The summed E-state index contributed by atoms with van der Waals surface area (Å²) in [6.45, 7) is 5.45. The number of nitrogens with zero attached hydrogens (tertiary/aromatic N) is 2. The van der Waals surface area contributed by atoms with E-state index in [4.69, 9.17) is 4.74 Å². The Labute approximate surface area is 137 Å². The Kier molecular flexibility index (Phi) is 5.28. The zero-order valence-electron chi connectivity index (χ0n) is 13.7. The average Bonchev–Trinajstić information content (AvgIpc) is 2.48. The number of hydrogen-bond donors (Lipinski definition) is 0. The second-order valence-corrected chi connectivity index (χ2v) is 6.68. The van der Waals surface area contributed by atoms with E-state index >= 15 is 0 Å². The molecule has 2 saturated heterocycles. The highest BCUT2D eigenvalue weighted by Gasteiger charge is 2.32. The third-order valence-electron chi connectivity index (χ3n) is 4.85. The number of benzene rings is 1. The van der Waals surface area contributed by atoms with Crippen LogP contribution in [0.5, 0.6) is 0 Å². The first kappa shape index (κ1) is 16.4. The quantitative estimate of drug-likeness (QED) is 0.835. The topological polar surface area (TPSA) is 32.8 Å². The number of hydrogen-bond acceptors (Lipinski definition) is 3. The van der Waals surface area contributed by atoms with Gasteiger partial charge in [0.1, 0.15) is 5.82 Å². The van der Waals surface area contributed by atoms with Gasteiger partial charge in [0.2, 0.25) is 5.91 Å². The van der Waals surface area contributed by atoms with Gasteiger partial charge in [-0.3, -0.25) is 9.69 Å². The molecule has 0 saturated carbocycles. The molecule has 23 heavy (non-hydrogen) atoms. The minimum Gasteiger partial charge on any atom is -0.370 e. The fraction of sp³-hybridized carbons (Fsp3) is 0.611. The summed E-state index contributed by atoms with van der Waals surface area (Å²) in [7, 11) is 0. The number of ether oxygens (including phenoxy) is 1. The van der Waals surface area contributed by atoms with Crippen molar-refractivity contribution in [3.8, 4) is 0 Å². The molecular formula is C18H25FN2O2. The number of carbonyl (C=O) groups is 1. The van der Waals surface area contributed by atoms with Gasteiger partial charge in [0.05, 0.1) is 19.3 Å². The SMILES string of the molecule is CC1CCCCN1CC(=O)N1CC(OCc2cccc(F)c2)C1. The van der Waals surface area contributed by atoms with Crippen LogP contribution in [0.25, 0.3) is 0 Å². The molecule has 0 N–H and O–H groups in total. The van der Waals surface area contributed by atoms with Crippen molar-refractivity contribution in [1.82, 2.24) is 9.80 Å². The first-order chi connectivity index (χ1) is 11.1. The molecule has 0 spiro atoms. The lowest BCUT2D eigenvalue weighted by atomic mass is 10.0. The van der Waals surface area contributed by atoms with E-state index < -0.39 is 0 Å². The zero-order chi connectivity index (χ0) is 16.2. The normalized spacial score (nSPS) is 22.9. The molecule has 1 amide bonds. The molecule has 2 heterocycles. The van der Waals surface area contributed by atoms with Crippen LogP contribution in [0.3, 0.4) is 0 Å². The summed E-state index contributed by atoms with van der Waals surface area (Å²) in [6.07, 6.45) is 3.72. The molecule has 0 radical (unpaired) electrons. The number of piperidine rings is 1. The van der Waals surface area contributed by atoms with Crippen molar-refractivity contribution in [3.05, 3.63) is 35.6 Å². The van der Waals surface area contributed by atoms with Crippen molar-refractivity contribution in [1.29, 1.82) is 0 Å². The van der Waals surface area contributed by atoms with E-state index in [1.807, 2.05) is 11.0 Å². The maximum absolute atomic E-state index is 13.1. The molecule has 5 heteroatoms. The Morgan fingerprint density at radius 2 is 2.17 bits per heavy atom. The summed E-state index contributed by atoms with van der Waals surface area (Å²) in [5.74, 6) is -0.0449. The molecule has 0 aromatic heterocycles. The van der Waals surface area contributed by atoms with Gasteiger partial charge in [-0.1, -0.05) is 18.6 Å². The first-order valence-electron chi connectivity index (χ1n) is 8.49. The number of likely N-dealkylation sites (tertiary alicyclic amines) is 2. The highest BCUT2D eigenvalue weighted by atomic mass is 19.1. The van der Waals surface area contributed by atoms with E-state index in [1.165, 1.54) is 31.4 Å². The summed E-state index contributed by atoms with van der Waals surface area (Å²) in [6, 6.07) is 6.95. The molecule has 1 atom stereocenters. The van der Waals surface area contributed by atoms with E-state index in [2.05, 4.69) is 11.8 Å². The van der Waals surface area contributed by atoms with Crippen LogP contribution in [-0.4, -0.2) is 54.0 Å². The molecule has 126 valence electrons. The van der Waals surface area contributed by atoms with Crippen LogP contribution in [0.2, 0.25) is 0 Å². The average molecular weight is 320 g/mol. The second kappa shape index (κ2) is 7.41. The lowest BCUT2D eigenvalue weighted by Crippen LogP contribution is -2.57. The van der Waals surface area contributed by atoms with Crippen LogP contribution < -0.4 is 0 Å². The van der Waals surface area contributed by atoms with E-state index in [0.717, 1.165) is 12.1 Å². The van der Waals surface area contributed by atoms with Crippen LogP contribution in [0.1, 0.15) is 31.7 Å². The highest BCUT2D eigenvalue weighted by molar-refractivity contribution is 5.79. The largest absolute Gasteiger partial charge is 0.370 e. The van der Waals surface area contributed by atoms with Gasteiger partial charge in [-0.25, -0.2) is 4.39 Å². The maximum Gasteiger partial charge on any atom is 0.236 e. The van der Waals surface area contributed by atoms with Gasteiger partial charge < -0.3 is 9.64 Å². The predicted octanol–water partition coefficient (Wildman–Crippen LogP) is 2.43. The van der Waals surface area contributed by atoms with Gasteiger partial charge in [0.25, 0.3) is 0 Å². The minimum absolute atomic E-state index is 0.0704. The summed E-state index contributed by atoms with van der Waals surface area (Å²) in [4.78, 5) is 16.4. The van der Waals surface area contributed by atoms with Crippen molar-refractivity contribution >= 4 is 5.91 Å². The van der Waals surface area contributed by atoms with Gasteiger partial charge in [-0.2, -0.15) is 0 Å². The molecule has 2 fully saturated rings. The fourth-order valence-electron chi connectivity index (χ4n) is 3.25. The van der Waals surface area contributed by atoms with Gasteiger partial charge in [0.15, 0.2) is 0 Å². The zero-order valence-corrected chi connectivity index (χ0v) is 13.7. The summed E-state index contributed by atoms with van der Waals surface area (Å²) >= 11 is 0.